The Labute approximate surface area is 128 Å². The van der Waals surface area contributed by atoms with E-state index < -0.39 is 0 Å². The van der Waals surface area contributed by atoms with Gasteiger partial charge in [0.15, 0.2) is 0 Å². The van der Waals surface area contributed by atoms with Crippen molar-refractivity contribution in [1.29, 1.82) is 0 Å². The zero-order chi connectivity index (χ0) is 15.3. The van der Waals surface area contributed by atoms with Crippen LogP contribution >= 0.6 is 0 Å². The zero-order valence-electron chi connectivity index (χ0n) is 13.4. The summed E-state index contributed by atoms with van der Waals surface area (Å²) in [6.45, 7) is 10.8. The lowest BCUT2D eigenvalue weighted by molar-refractivity contribution is -0.141. The van der Waals surface area contributed by atoms with Crippen molar-refractivity contribution in [3.63, 3.8) is 0 Å². The number of aliphatic hydroxyl groups excluding tert-OH is 1. The first-order valence-electron chi connectivity index (χ1n) is 8.37. The number of carbonyl (C=O) groups excluding carboxylic acids is 1. The second-order valence-electron chi connectivity index (χ2n) is 6.72. The summed E-state index contributed by atoms with van der Waals surface area (Å²) in [6.07, 6.45) is 6.63. The quantitative estimate of drug-likeness (QED) is 0.788. The topological polar surface area (TPSA) is 43.8 Å². The van der Waals surface area contributed by atoms with Crippen molar-refractivity contribution in [3.8, 4) is 0 Å². The number of amides is 1. The number of allylic oxidation sites excluding steroid dienone is 1. The van der Waals surface area contributed by atoms with Gasteiger partial charge in [0.05, 0.1) is 6.61 Å². The Morgan fingerprint density at radius 3 is 2.67 bits per heavy atom. The van der Waals surface area contributed by atoms with E-state index >= 15 is 0 Å². The third kappa shape index (κ3) is 3.86. The summed E-state index contributed by atoms with van der Waals surface area (Å²) in [5, 5.41) is 9.76. The molecule has 0 saturated carbocycles. The van der Waals surface area contributed by atoms with Gasteiger partial charge in [-0.25, -0.2) is 0 Å². The molecule has 2 rings (SSSR count). The molecule has 4 nitrogen and oxygen atoms in total. The fraction of sp³-hybridized carbons (Fsp3) is 0.824. The third-order valence-electron chi connectivity index (χ3n) is 5.27. The highest BCUT2D eigenvalue weighted by Crippen LogP contribution is 2.34. The van der Waals surface area contributed by atoms with E-state index in [0.717, 1.165) is 58.3 Å². The molecule has 1 N–H and O–H groups in total. The van der Waals surface area contributed by atoms with Crippen LogP contribution in [0.25, 0.3) is 0 Å². The molecular formula is C17H30N2O2. The van der Waals surface area contributed by atoms with Gasteiger partial charge in [-0.15, -0.1) is 6.58 Å². The van der Waals surface area contributed by atoms with E-state index in [-0.39, 0.29) is 17.9 Å². The van der Waals surface area contributed by atoms with Gasteiger partial charge in [0.1, 0.15) is 0 Å². The third-order valence-corrected chi connectivity index (χ3v) is 5.27. The molecule has 4 heteroatoms. The Morgan fingerprint density at radius 2 is 2.10 bits per heavy atom. The van der Waals surface area contributed by atoms with Crippen LogP contribution < -0.4 is 0 Å². The van der Waals surface area contributed by atoms with E-state index in [1.54, 1.807) is 0 Å². The van der Waals surface area contributed by atoms with Gasteiger partial charge in [-0.2, -0.15) is 0 Å². The highest BCUT2D eigenvalue weighted by Gasteiger charge is 2.38. The Kier molecular flexibility index (Phi) is 5.82. The Bertz CT molecular complexity index is 364. The van der Waals surface area contributed by atoms with Crippen LogP contribution in [0.4, 0.5) is 0 Å². The predicted molar refractivity (Wildman–Crippen MR) is 85.0 cm³/mol. The van der Waals surface area contributed by atoms with Crippen LogP contribution in [0, 0.1) is 11.3 Å². The first-order chi connectivity index (χ1) is 10.1. The average Bonchev–Trinajstić information content (AvgIpc) is 2.55. The van der Waals surface area contributed by atoms with Gasteiger partial charge < -0.3 is 14.9 Å². The monoisotopic (exact) mass is 294 g/mol. The molecule has 0 spiro atoms. The summed E-state index contributed by atoms with van der Waals surface area (Å²) in [6, 6.07) is 0. The number of likely N-dealkylation sites (tertiary alicyclic amines) is 2. The molecule has 0 radical (unpaired) electrons. The summed E-state index contributed by atoms with van der Waals surface area (Å²) in [5.41, 5.74) is -0.153. The summed E-state index contributed by atoms with van der Waals surface area (Å²) in [5.74, 6) is 0.498. The minimum atomic E-state index is -0.153. The first-order valence-corrected chi connectivity index (χ1v) is 8.37. The van der Waals surface area contributed by atoms with Crippen LogP contribution in [-0.2, 0) is 4.79 Å². The molecule has 2 heterocycles. The molecule has 1 atom stereocenters. The average molecular weight is 294 g/mol. The second kappa shape index (κ2) is 7.41. The van der Waals surface area contributed by atoms with Crippen LogP contribution in [0.3, 0.4) is 0 Å². The fourth-order valence-electron chi connectivity index (χ4n) is 3.82. The van der Waals surface area contributed by atoms with Gasteiger partial charge >= 0.3 is 0 Å². The molecule has 2 fully saturated rings. The van der Waals surface area contributed by atoms with E-state index in [1.807, 2.05) is 11.0 Å². The van der Waals surface area contributed by atoms with E-state index in [2.05, 4.69) is 18.4 Å². The molecule has 0 aliphatic carbocycles. The highest BCUT2D eigenvalue weighted by atomic mass is 16.3. The molecule has 0 aromatic heterocycles. The standard InChI is InChI=1S/C17H30N2O2/c1-3-8-17(14-20)9-5-10-19(13-17)16(21)15-6-11-18(4-2)12-7-15/h3,15,20H,1,4-14H2,2H3/t17-/m0/s1. The summed E-state index contributed by atoms with van der Waals surface area (Å²) in [4.78, 5) is 17.2. The van der Waals surface area contributed by atoms with Crippen LogP contribution in [0.15, 0.2) is 12.7 Å². The Hall–Kier alpha value is -0.870. The van der Waals surface area contributed by atoms with Crippen molar-refractivity contribution < 1.29 is 9.90 Å². The van der Waals surface area contributed by atoms with Crippen molar-refractivity contribution in [1.82, 2.24) is 9.80 Å². The normalized spacial score (nSPS) is 28.6. The maximum Gasteiger partial charge on any atom is 0.225 e. The van der Waals surface area contributed by atoms with E-state index in [9.17, 15) is 9.90 Å². The predicted octanol–water partition coefficient (Wildman–Crippen LogP) is 1.90. The van der Waals surface area contributed by atoms with Crippen molar-refractivity contribution in [2.24, 2.45) is 11.3 Å². The SMILES string of the molecule is C=CC[C@]1(CO)CCCN(C(=O)C2CCN(CC)CC2)C1. The molecule has 2 saturated heterocycles. The highest BCUT2D eigenvalue weighted by molar-refractivity contribution is 5.79. The van der Waals surface area contributed by atoms with Gasteiger partial charge in [0.2, 0.25) is 5.91 Å². The van der Waals surface area contributed by atoms with Crippen LogP contribution in [0.2, 0.25) is 0 Å². The number of hydrogen-bond donors (Lipinski definition) is 1. The number of carbonyl (C=O) groups is 1. The van der Waals surface area contributed by atoms with E-state index in [0.29, 0.717) is 12.5 Å². The molecule has 0 aromatic carbocycles. The lowest BCUT2D eigenvalue weighted by Crippen LogP contribution is -2.50. The molecule has 1 amide bonds. The van der Waals surface area contributed by atoms with Crippen LogP contribution in [-0.4, -0.2) is 60.1 Å². The molecular weight excluding hydrogens is 264 g/mol. The Balaban J connectivity index is 1.94. The number of aliphatic hydroxyl groups is 1. The summed E-state index contributed by atoms with van der Waals surface area (Å²) >= 11 is 0. The molecule has 21 heavy (non-hydrogen) atoms. The Morgan fingerprint density at radius 1 is 1.38 bits per heavy atom. The minimum absolute atomic E-state index is 0.150. The van der Waals surface area contributed by atoms with Crippen molar-refractivity contribution in [2.75, 3.05) is 39.3 Å². The molecule has 120 valence electrons. The zero-order valence-corrected chi connectivity index (χ0v) is 13.4. The van der Waals surface area contributed by atoms with Crippen molar-refractivity contribution in [3.05, 3.63) is 12.7 Å². The number of hydrogen-bond acceptors (Lipinski definition) is 3. The largest absolute Gasteiger partial charge is 0.396 e. The lowest BCUT2D eigenvalue weighted by atomic mass is 9.77. The van der Waals surface area contributed by atoms with E-state index in [1.165, 1.54) is 0 Å². The lowest BCUT2D eigenvalue weighted by Gasteiger charge is -2.43. The van der Waals surface area contributed by atoms with Gasteiger partial charge in [-0.05, 0) is 51.7 Å². The smallest absolute Gasteiger partial charge is 0.225 e. The second-order valence-corrected chi connectivity index (χ2v) is 6.72. The maximum atomic E-state index is 12.8. The maximum absolute atomic E-state index is 12.8. The van der Waals surface area contributed by atoms with Crippen LogP contribution in [0.1, 0.15) is 39.0 Å². The van der Waals surface area contributed by atoms with Gasteiger partial charge in [-0.1, -0.05) is 13.0 Å². The fourth-order valence-corrected chi connectivity index (χ4v) is 3.82. The van der Waals surface area contributed by atoms with Crippen molar-refractivity contribution in [2.45, 2.75) is 39.0 Å². The molecule has 0 bridgehead atoms. The number of nitrogens with zero attached hydrogens (tertiary/aromatic N) is 2. The summed E-state index contributed by atoms with van der Waals surface area (Å²) in [7, 11) is 0. The van der Waals surface area contributed by atoms with Gasteiger partial charge in [-0.3, -0.25) is 4.79 Å². The molecule has 0 aromatic rings. The number of piperidine rings is 2. The van der Waals surface area contributed by atoms with Gasteiger partial charge in [0, 0.05) is 24.4 Å². The number of rotatable bonds is 5. The minimum Gasteiger partial charge on any atom is -0.396 e. The molecule has 0 unspecified atom stereocenters. The van der Waals surface area contributed by atoms with Crippen LogP contribution in [0.5, 0.6) is 0 Å². The van der Waals surface area contributed by atoms with Crippen molar-refractivity contribution >= 4 is 5.91 Å². The van der Waals surface area contributed by atoms with Gasteiger partial charge in [0.25, 0.3) is 0 Å². The van der Waals surface area contributed by atoms with E-state index in [4.69, 9.17) is 0 Å². The first kappa shape index (κ1) is 16.5. The molecule has 2 aliphatic rings. The summed E-state index contributed by atoms with van der Waals surface area (Å²) < 4.78 is 0. The molecule has 2 aliphatic heterocycles.